The zero-order chi connectivity index (χ0) is 21.5. The van der Waals surface area contributed by atoms with Crippen LogP contribution in [0.15, 0.2) is 29.2 Å². The number of benzene rings is 1. The number of carbonyl (C=O) groups is 1. The summed E-state index contributed by atoms with van der Waals surface area (Å²) in [6.07, 6.45) is 8.23. The van der Waals surface area contributed by atoms with Crippen LogP contribution in [-0.2, 0) is 14.8 Å². The topological polar surface area (TPSA) is 87.3 Å². The van der Waals surface area contributed by atoms with Crippen molar-refractivity contribution in [2.75, 3.05) is 11.9 Å². The molecule has 0 saturated heterocycles. The fourth-order valence-electron chi connectivity index (χ4n) is 6.32. The monoisotopic (exact) mass is 433 g/mol. The second-order valence-electron chi connectivity index (χ2n) is 10.3. The van der Waals surface area contributed by atoms with Crippen molar-refractivity contribution in [1.82, 2.24) is 10.0 Å². The summed E-state index contributed by atoms with van der Waals surface area (Å²) < 4.78 is 27.0. The van der Waals surface area contributed by atoms with Gasteiger partial charge in [0.1, 0.15) is 0 Å². The fraction of sp³-hybridized carbons (Fsp3) is 0.696. The second kappa shape index (κ2) is 8.24. The highest BCUT2D eigenvalue weighted by Crippen LogP contribution is 2.59. The summed E-state index contributed by atoms with van der Waals surface area (Å²) >= 11 is 0. The first-order valence-corrected chi connectivity index (χ1v) is 12.8. The molecular formula is C23H35N3O3S. The number of anilines is 1. The van der Waals surface area contributed by atoms with E-state index in [-0.39, 0.29) is 22.9 Å². The minimum atomic E-state index is -3.53. The van der Waals surface area contributed by atoms with Gasteiger partial charge in [0.25, 0.3) is 0 Å². The minimum absolute atomic E-state index is 0.0874. The van der Waals surface area contributed by atoms with Crippen molar-refractivity contribution in [2.45, 2.75) is 76.3 Å². The van der Waals surface area contributed by atoms with E-state index in [4.69, 9.17) is 0 Å². The molecule has 5 rings (SSSR count). The molecule has 0 heterocycles. The summed E-state index contributed by atoms with van der Waals surface area (Å²) in [5, 5.41) is 6.40. The second-order valence-corrected chi connectivity index (χ2v) is 12.0. The van der Waals surface area contributed by atoms with Crippen LogP contribution >= 0.6 is 0 Å². The Morgan fingerprint density at radius 3 is 2.03 bits per heavy atom. The highest BCUT2D eigenvalue weighted by Gasteiger charge is 2.50. The van der Waals surface area contributed by atoms with Crippen molar-refractivity contribution in [3.63, 3.8) is 0 Å². The molecule has 4 aliphatic carbocycles. The van der Waals surface area contributed by atoms with Crippen LogP contribution in [0.3, 0.4) is 0 Å². The Labute approximate surface area is 180 Å². The molecule has 4 fully saturated rings. The van der Waals surface area contributed by atoms with E-state index in [0.29, 0.717) is 11.1 Å². The molecule has 0 aliphatic heterocycles. The van der Waals surface area contributed by atoms with Gasteiger partial charge in [-0.2, -0.15) is 0 Å². The van der Waals surface area contributed by atoms with Crippen LogP contribution in [-0.4, -0.2) is 33.0 Å². The predicted octanol–water partition coefficient (Wildman–Crippen LogP) is 3.51. The van der Waals surface area contributed by atoms with Gasteiger partial charge in [-0.1, -0.05) is 0 Å². The minimum Gasteiger partial charge on any atom is -0.325 e. The van der Waals surface area contributed by atoms with Gasteiger partial charge in [0.15, 0.2) is 0 Å². The van der Waals surface area contributed by atoms with Crippen LogP contribution < -0.4 is 15.4 Å². The first-order valence-electron chi connectivity index (χ1n) is 11.3. The molecule has 6 nitrogen and oxygen atoms in total. The van der Waals surface area contributed by atoms with E-state index in [1.54, 1.807) is 26.0 Å². The highest BCUT2D eigenvalue weighted by atomic mass is 32.2. The molecule has 0 spiro atoms. The van der Waals surface area contributed by atoms with E-state index in [2.05, 4.69) is 15.4 Å². The van der Waals surface area contributed by atoms with Gasteiger partial charge in [0.2, 0.25) is 15.9 Å². The molecule has 1 amide bonds. The summed E-state index contributed by atoms with van der Waals surface area (Å²) in [4.78, 5) is 12.8. The van der Waals surface area contributed by atoms with E-state index in [1.807, 2.05) is 6.92 Å². The third-order valence-corrected chi connectivity index (χ3v) is 8.84. The molecule has 1 aromatic rings. The standard InChI is InChI=1S/C23H35N3O3S/c1-15(2)26-30(28,29)21-6-4-20(5-7-21)25-22(27)16(3)24-14-23-11-17-8-18(12-23)10-19(9-17)13-23/h4-7,15-19,24,26H,8-14H2,1-3H3,(H,25,27)/t16-,17?,18?,19?,23?/m1/s1. The Balaban J connectivity index is 1.31. The van der Waals surface area contributed by atoms with Crippen LogP contribution in [0.1, 0.15) is 59.3 Å². The zero-order valence-electron chi connectivity index (χ0n) is 18.3. The van der Waals surface area contributed by atoms with Crippen LogP contribution in [0.2, 0.25) is 0 Å². The van der Waals surface area contributed by atoms with E-state index < -0.39 is 10.0 Å². The summed E-state index contributed by atoms with van der Waals surface area (Å²) in [5.74, 6) is 2.63. The lowest BCUT2D eigenvalue weighted by Gasteiger charge is -2.57. The number of sulfonamides is 1. The van der Waals surface area contributed by atoms with Crippen molar-refractivity contribution in [1.29, 1.82) is 0 Å². The van der Waals surface area contributed by atoms with Gasteiger partial charge in [0.05, 0.1) is 10.9 Å². The first kappa shape index (κ1) is 21.8. The number of hydrogen-bond donors (Lipinski definition) is 3. The Bertz CT molecular complexity index is 844. The molecule has 1 aromatic carbocycles. The van der Waals surface area contributed by atoms with Crippen molar-refractivity contribution in [3.8, 4) is 0 Å². The molecule has 1 atom stereocenters. The van der Waals surface area contributed by atoms with Crippen molar-refractivity contribution in [2.24, 2.45) is 23.2 Å². The summed E-state index contributed by atoms with van der Waals surface area (Å²) in [7, 11) is -3.53. The lowest BCUT2D eigenvalue weighted by atomic mass is 9.49. The predicted molar refractivity (Wildman–Crippen MR) is 119 cm³/mol. The van der Waals surface area contributed by atoms with Gasteiger partial charge >= 0.3 is 0 Å². The van der Waals surface area contributed by atoms with Crippen LogP contribution in [0.4, 0.5) is 5.69 Å². The van der Waals surface area contributed by atoms with Crippen LogP contribution in [0.5, 0.6) is 0 Å². The van der Waals surface area contributed by atoms with Crippen molar-refractivity contribution < 1.29 is 13.2 Å². The fourth-order valence-corrected chi connectivity index (χ4v) is 7.57. The maximum Gasteiger partial charge on any atom is 0.241 e. The third kappa shape index (κ3) is 4.73. The Morgan fingerprint density at radius 1 is 1.00 bits per heavy atom. The molecular weight excluding hydrogens is 398 g/mol. The van der Waals surface area contributed by atoms with E-state index in [9.17, 15) is 13.2 Å². The Kier molecular flexibility index (Phi) is 5.99. The summed E-state index contributed by atoms with van der Waals surface area (Å²) in [6.45, 7) is 6.39. The molecule has 0 aromatic heterocycles. The van der Waals surface area contributed by atoms with Crippen LogP contribution in [0.25, 0.3) is 0 Å². The number of carbonyl (C=O) groups excluding carboxylic acids is 1. The van der Waals surface area contributed by atoms with Gasteiger partial charge in [-0.15, -0.1) is 0 Å². The SMILES string of the molecule is CC(C)NS(=O)(=O)c1ccc(NC(=O)[C@@H](C)NCC23CC4CC(CC(C4)C2)C3)cc1. The number of nitrogens with one attached hydrogen (secondary N) is 3. The molecule has 4 bridgehead atoms. The molecule has 0 radical (unpaired) electrons. The largest absolute Gasteiger partial charge is 0.325 e. The van der Waals surface area contributed by atoms with E-state index in [1.165, 1.54) is 50.7 Å². The van der Waals surface area contributed by atoms with Gasteiger partial charge in [-0.05, 0) is 107 Å². The molecule has 4 saturated carbocycles. The quantitative estimate of drug-likeness (QED) is 0.585. The van der Waals surface area contributed by atoms with Gasteiger partial charge < -0.3 is 10.6 Å². The normalized spacial score (nSPS) is 31.1. The maximum absolute atomic E-state index is 12.7. The first-order chi connectivity index (χ1) is 14.1. The van der Waals surface area contributed by atoms with Gasteiger partial charge in [0, 0.05) is 18.3 Å². The highest BCUT2D eigenvalue weighted by molar-refractivity contribution is 7.89. The average molecular weight is 434 g/mol. The smallest absolute Gasteiger partial charge is 0.241 e. The molecule has 3 N–H and O–H groups in total. The third-order valence-electron chi connectivity index (χ3n) is 7.16. The van der Waals surface area contributed by atoms with Crippen molar-refractivity contribution >= 4 is 21.6 Å². The maximum atomic E-state index is 12.7. The van der Waals surface area contributed by atoms with Gasteiger partial charge in [-0.3, -0.25) is 4.79 Å². The molecule has 30 heavy (non-hydrogen) atoms. The molecule has 7 heteroatoms. The molecule has 4 aliphatic rings. The molecule has 166 valence electrons. The Morgan fingerprint density at radius 2 is 1.53 bits per heavy atom. The lowest BCUT2D eigenvalue weighted by Crippen LogP contribution is -2.52. The Hall–Kier alpha value is -1.44. The molecule has 0 unspecified atom stereocenters. The van der Waals surface area contributed by atoms with E-state index in [0.717, 1.165) is 24.3 Å². The van der Waals surface area contributed by atoms with E-state index >= 15 is 0 Å². The number of hydrogen-bond acceptors (Lipinski definition) is 4. The average Bonchev–Trinajstić information content (AvgIpc) is 2.64. The zero-order valence-corrected chi connectivity index (χ0v) is 19.1. The lowest BCUT2D eigenvalue weighted by molar-refractivity contribution is -0.118. The number of rotatable bonds is 8. The number of amides is 1. The summed E-state index contributed by atoms with van der Waals surface area (Å²) in [6, 6.07) is 5.86. The van der Waals surface area contributed by atoms with Gasteiger partial charge in [-0.25, -0.2) is 13.1 Å². The van der Waals surface area contributed by atoms with Crippen LogP contribution in [0, 0.1) is 23.2 Å². The summed E-state index contributed by atoms with van der Waals surface area (Å²) in [5.41, 5.74) is 0.995. The van der Waals surface area contributed by atoms with Crippen molar-refractivity contribution in [3.05, 3.63) is 24.3 Å².